The predicted molar refractivity (Wildman–Crippen MR) is 55.3 cm³/mol. The number of hydrogen-bond acceptors (Lipinski definition) is 4. The molecule has 0 radical (unpaired) electrons. The number of rotatable bonds is 3. The molecule has 0 aliphatic carbocycles. The van der Waals surface area contributed by atoms with E-state index >= 15 is 0 Å². The summed E-state index contributed by atoms with van der Waals surface area (Å²) in [6.45, 7) is 0. The number of carboxylic acids is 1. The van der Waals surface area contributed by atoms with Crippen molar-refractivity contribution >= 4 is 5.97 Å². The van der Waals surface area contributed by atoms with Gasteiger partial charge in [-0.05, 0) is 0 Å². The monoisotopic (exact) mass is 273 g/mol. The van der Waals surface area contributed by atoms with Crippen LogP contribution >= 0.6 is 0 Å². The van der Waals surface area contributed by atoms with Gasteiger partial charge in [0, 0.05) is 12.1 Å². The van der Waals surface area contributed by atoms with Crippen LogP contribution in [-0.2, 0) is 0 Å². The van der Waals surface area contributed by atoms with Crippen LogP contribution in [0.3, 0.4) is 0 Å². The summed E-state index contributed by atoms with van der Waals surface area (Å²) in [5.74, 6) is -6.70. The van der Waals surface area contributed by atoms with E-state index in [1.54, 1.807) is 0 Å². The molecule has 0 unspecified atom stereocenters. The number of aromatic carboxylic acids is 1. The van der Waals surface area contributed by atoms with E-state index in [1.807, 2.05) is 0 Å². The SMILES string of the molecule is COc1cc(F)c(F)c(-c2cc(C(=O)O)on2)c1F. The molecule has 1 N–H and O–H groups in total. The highest BCUT2D eigenvalue weighted by molar-refractivity contribution is 5.85. The average Bonchev–Trinajstić information content (AvgIpc) is 2.83. The zero-order valence-corrected chi connectivity index (χ0v) is 9.41. The van der Waals surface area contributed by atoms with E-state index in [9.17, 15) is 18.0 Å². The Balaban J connectivity index is 2.66. The fourth-order valence-electron chi connectivity index (χ4n) is 1.45. The Morgan fingerprint density at radius 3 is 2.53 bits per heavy atom. The molecule has 5 nitrogen and oxygen atoms in total. The van der Waals surface area contributed by atoms with Crippen LogP contribution in [0.4, 0.5) is 13.2 Å². The van der Waals surface area contributed by atoms with Gasteiger partial charge >= 0.3 is 5.97 Å². The normalized spacial score (nSPS) is 10.5. The van der Waals surface area contributed by atoms with Crippen LogP contribution in [0.1, 0.15) is 10.6 Å². The number of halogens is 3. The molecular weight excluding hydrogens is 267 g/mol. The smallest absolute Gasteiger partial charge is 0.374 e. The summed E-state index contributed by atoms with van der Waals surface area (Å²) in [5.41, 5.74) is -1.33. The van der Waals surface area contributed by atoms with Crippen molar-refractivity contribution in [2.45, 2.75) is 0 Å². The summed E-state index contributed by atoms with van der Waals surface area (Å²) < 4.78 is 49.6. The van der Waals surface area contributed by atoms with Crippen LogP contribution < -0.4 is 4.74 Å². The highest BCUT2D eigenvalue weighted by Gasteiger charge is 2.24. The van der Waals surface area contributed by atoms with E-state index in [-0.39, 0.29) is 0 Å². The molecule has 0 amide bonds. The highest BCUT2D eigenvalue weighted by Crippen LogP contribution is 2.33. The molecule has 8 heteroatoms. The number of nitrogens with zero attached hydrogens (tertiary/aromatic N) is 1. The first kappa shape index (κ1) is 12.9. The topological polar surface area (TPSA) is 72.6 Å². The third-order valence-electron chi connectivity index (χ3n) is 2.32. The van der Waals surface area contributed by atoms with E-state index in [0.29, 0.717) is 6.07 Å². The Hall–Kier alpha value is -2.51. The van der Waals surface area contributed by atoms with Crippen LogP contribution in [0.5, 0.6) is 5.75 Å². The molecule has 0 aliphatic rings. The van der Waals surface area contributed by atoms with Crippen molar-refractivity contribution in [3.63, 3.8) is 0 Å². The lowest BCUT2D eigenvalue weighted by molar-refractivity contribution is 0.0652. The Kier molecular flexibility index (Phi) is 3.16. The second-order valence-corrected chi connectivity index (χ2v) is 3.45. The largest absolute Gasteiger partial charge is 0.494 e. The van der Waals surface area contributed by atoms with Gasteiger partial charge in [0.15, 0.2) is 23.2 Å². The molecule has 0 fully saturated rings. The molecule has 0 atom stereocenters. The Morgan fingerprint density at radius 2 is 2.00 bits per heavy atom. The molecule has 0 aliphatic heterocycles. The minimum absolute atomic E-state index is 0.481. The van der Waals surface area contributed by atoms with Gasteiger partial charge in [-0.25, -0.2) is 18.0 Å². The molecule has 2 rings (SSSR count). The lowest BCUT2D eigenvalue weighted by atomic mass is 10.1. The Morgan fingerprint density at radius 1 is 1.32 bits per heavy atom. The van der Waals surface area contributed by atoms with Gasteiger partial charge in [-0.1, -0.05) is 5.16 Å². The standard InChI is InChI=1S/C11H6F3NO4/c1-18-6-2-4(12)9(13)8(10(6)14)5-3-7(11(16)17)19-15-5/h2-3H,1H3,(H,16,17). The molecule has 19 heavy (non-hydrogen) atoms. The molecule has 2 aromatic rings. The van der Waals surface area contributed by atoms with Crippen molar-refractivity contribution in [3.8, 4) is 17.0 Å². The summed E-state index contributed by atoms with van der Waals surface area (Å²) >= 11 is 0. The second kappa shape index (κ2) is 4.63. The number of ether oxygens (including phenoxy) is 1. The maximum atomic E-state index is 13.8. The van der Waals surface area contributed by atoms with E-state index in [2.05, 4.69) is 14.4 Å². The van der Waals surface area contributed by atoms with Gasteiger partial charge in [0.1, 0.15) is 5.69 Å². The molecule has 0 spiro atoms. The molecule has 0 saturated heterocycles. The van der Waals surface area contributed by atoms with E-state index in [4.69, 9.17) is 5.11 Å². The van der Waals surface area contributed by atoms with Crippen LogP contribution in [0, 0.1) is 17.5 Å². The average molecular weight is 273 g/mol. The van der Waals surface area contributed by atoms with E-state index < -0.39 is 46.2 Å². The minimum atomic E-state index is -1.51. The zero-order valence-electron chi connectivity index (χ0n) is 9.41. The van der Waals surface area contributed by atoms with Gasteiger partial charge < -0.3 is 14.4 Å². The molecule has 1 heterocycles. The van der Waals surface area contributed by atoms with Gasteiger partial charge in [-0.15, -0.1) is 0 Å². The van der Waals surface area contributed by atoms with Crippen LogP contribution in [0.25, 0.3) is 11.3 Å². The summed E-state index contributed by atoms with van der Waals surface area (Å²) in [5, 5.41) is 11.8. The van der Waals surface area contributed by atoms with Crippen molar-refractivity contribution in [2.24, 2.45) is 0 Å². The summed E-state index contributed by atoms with van der Waals surface area (Å²) in [7, 11) is 1.07. The maximum Gasteiger partial charge on any atom is 0.374 e. The first-order valence-electron chi connectivity index (χ1n) is 4.87. The van der Waals surface area contributed by atoms with Crippen molar-refractivity contribution in [2.75, 3.05) is 7.11 Å². The molecule has 1 aromatic carbocycles. The first-order valence-corrected chi connectivity index (χ1v) is 4.87. The molecular formula is C11H6F3NO4. The zero-order chi connectivity index (χ0) is 14.2. The summed E-state index contributed by atoms with van der Waals surface area (Å²) in [6, 6.07) is 1.31. The van der Waals surface area contributed by atoms with Crippen molar-refractivity contribution in [3.05, 3.63) is 35.3 Å². The predicted octanol–water partition coefficient (Wildman–Crippen LogP) is 2.47. The molecule has 1 aromatic heterocycles. The number of benzene rings is 1. The van der Waals surface area contributed by atoms with E-state index in [0.717, 1.165) is 13.2 Å². The lowest BCUT2D eigenvalue weighted by Crippen LogP contribution is -1.99. The van der Waals surface area contributed by atoms with Gasteiger partial charge in [0.05, 0.1) is 12.7 Å². The van der Waals surface area contributed by atoms with Gasteiger partial charge in [0.25, 0.3) is 0 Å². The molecule has 0 saturated carbocycles. The number of hydrogen-bond donors (Lipinski definition) is 1. The van der Waals surface area contributed by atoms with Crippen LogP contribution in [0.15, 0.2) is 16.7 Å². The fraction of sp³-hybridized carbons (Fsp3) is 0.0909. The van der Waals surface area contributed by atoms with Gasteiger partial charge in [0.2, 0.25) is 5.76 Å². The first-order chi connectivity index (χ1) is 8.95. The van der Waals surface area contributed by atoms with Crippen molar-refractivity contribution in [1.82, 2.24) is 5.16 Å². The summed E-state index contributed by atoms with van der Waals surface area (Å²) in [4.78, 5) is 10.6. The van der Waals surface area contributed by atoms with Crippen molar-refractivity contribution < 1.29 is 32.3 Å². The fourth-order valence-corrected chi connectivity index (χ4v) is 1.45. The Labute approximate surface area is 104 Å². The van der Waals surface area contributed by atoms with Gasteiger partial charge in [-0.2, -0.15) is 0 Å². The number of carboxylic acid groups (broad SMARTS) is 1. The molecule has 0 bridgehead atoms. The van der Waals surface area contributed by atoms with E-state index in [1.165, 1.54) is 0 Å². The maximum absolute atomic E-state index is 13.8. The minimum Gasteiger partial charge on any atom is -0.494 e. The third-order valence-corrected chi connectivity index (χ3v) is 2.32. The Bertz CT molecular complexity index is 654. The van der Waals surface area contributed by atoms with Crippen LogP contribution in [-0.4, -0.2) is 23.3 Å². The van der Waals surface area contributed by atoms with Crippen LogP contribution in [0.2, 0.25) is 0 Å². The number of methoxy groups -OCH3 is 1. The van der Waals surface area contributed by atoms with Gasteiger partial charge in [-0.3, -0.25) is 0 Å². The second-order valence-electron chi connectivity index (χ2n) is 3.45. The summed E-state index contributed by atoms with van der Waals surface area (Å²) in [6.07, 6.45) is 0. The molecule has 100 valence electrons. The highest BCUT2D eigenvalue weighted by atomic mass is 19.2. The third kappa shape index (κ3) is 2.12. The quantitative estimate of drug-likeness (QED) is 0.869. The number of carbonyl (C=O) groups is 1. The number of aromatic nitrogens is 1. The lowest BCUT2D eigenvalue weighted by Gasteiger charge is -2.07. The van der Waals surface area contributed by atoms with Crippen molar-refractivity contribution in [1.29, 1.82) is 0 Å².